The smallest absolute Gasteiger partial charge is 0.164 e. The Morgan fingerprint density at radius 1 is 0.385 bits per heavy atom. The molecular weight excluding hydrogens is 635 g/mol. The van der Waals surface area contributed by atoms with Gasteiger partial charge in [-0.25, -0.2) is 15.0 Å². The van der Waals surface area contributed by atoms with Crippen LogP contribution in [0.2, 0.25) is 0 Å². The summed E-state index contributed by atoms with van der Waals surface area (Å²) in [5, 5.41) is 2.19. The van der Waals surface area contributed by atoms with Crippen molar-refractivity contribution in [3.63, 3.8) is 0 Å². The van der Waals surface area contributed by atoms with E-state index in [1.807, 2.05) is 60.7 Å². The van der Waals surface area contributed by atoms with Crippen molar-refractivity contribution in [3.05, 3.63) is 175 Å². The standard InChI is InChI=1S/C48H33N3O/c1-48(2)41-22-10-9-19-37(41)38-25-23-33(29-42(38)48)32-24-26-43-40(28-32)39-21-12-20-36(44(39)52-43)34-17-11-18-35(27-34)47-50-45(30-13-5-3-6-14-30)49-46(51-47)31-15-7-4-8-16-31/h3-29H,1-2H3. The maximum absolute atomic E-state index is 6.64. The van der Waals surface area contributed by atoms with Crippen LogP contribution in [0.25, 0.3) is 89.5 Å². The first-order valence-corrected chi connectivity index (χ1v) is 17.7. The number of nitrogens with zero attached hydrogens (tertiary/aromatic N) is 3. The largest absolute Gasteiger partial charge is 0.455 e. The third-order valence-corrected chi connectivity index (χ3v) is 10.5. The molecule has 2 aromatic heterocycles. The number of hydrogen-bond acceptors (Lipinski definition) is 4. The fraction of sp³-hybridized carbons (Fsp3) is 0.0625. The molecule has 0 bridgehead atoms. The molecule has 4 nitrogen and oxygen atoms in total. The molecule has 0 N–H and O–H groups in total. The van der Waals surface area contributed by atoms with Gasteiger partial charge in [-0.1, -0.05) is 153 Å². The zero-order valence-electron chi connectivity index (χ0n) is 28.8. The minimum Gasteiger partial charge on any atom is -0.455 e. The van der Waals surface area contributed by atoms with Gasteiger partial charge in [0.25, 0.3) is 0 Å². The zero-order chi connectivity index (χ0) is 34.8. The Hall–Kier alpha value is -6.65. The van der Waals surface area contributed by atoms with Gasteiger partial charge < -0.3 is 4.42 Å². The Balaban J connectivity index is 1.06. The number of para-hydroxylation sites is 1. The SMILES string of the molecule is CC1(C)c2ccccc2-c2ccc(-c3ccc4oc5c(-c6cccc(-c7nc(-c8ccccc8)nc(-c8ccccc8)n7)c6)cccc5c4c3)cc21. The maximum Gasteiger partial charge on any atom is 0.164 e. The lowest BCUT2D eigenvalue weighted by Gasteiger charge is -2.22. The van der Waals surface area contributed by atoms with Gasteiger partial charge >= 0.3 is 0 Å². The highest BCUT2D eigenvalue weighted by Crippen LogP contribution is 2.49. The van der Waals surface area contributed by atoms with Gasteiger partial charge in [0.2, 0.25) is 0 Å². The topological polar surface area (TPSA) is 51.8 Å². The van der Waals surface area contributed by atoms with Crippen molar-refractivity contribution in [3.8, 4) is 67.5 Å². The molecule has 0 aliphatic heterocycles. The van der Waals surface area contributed by atoms with Crippen molar-refractivity contribution in [2.45, 2.75) is 19.3 Å². The van der Waals surface area contributed by atoms with Crippen LogP contribution in [0.3, 0.4) is 0 Å². The maximum atomic E-state index is 6.64. The molecule has 0 amide bonds. The lowest BCUT2D eigenvalue weighted by atomic mass is 9.81. The van der Waals surface area contributed by atoms with E-state index in [9.17, 15) is 0 Å². The highest BCUT2D eigenvalue weighted by Gasteiger charge is 2.35. The number of furan rings is 1. The average molecular weight is 668 g/mol. The van der Waals surface area contributed by atoms with Gasteiger partial charge in [-0.2, -0.15) is 0 Å². The summed E-state index contributed by atoms with van der Waals surface area (Å²) >= 11 is 0. The molecule has 10 rings (SSSR count). The first-order chi connectivity index (χ1) is 25.5. The van der Waals surface area contributed by atoms with Crippen molar-refractivity contribution in [1.82, 2.24) is 15.0 Å². The van der Waals surface area contributed by atoms with E-state index in [1.165, 1.54) is 33.4 Å². The third kappa shape index (κ3) is 4.87. The van der Waals surface area contributed by atoms with E-state index in [4.69, 9.17) is 19.4 Å². The van der Waals surface area contributed by atoms with Gasteiger partial charge in [0, 0.05) is 38.4 Å². The Kier molecular flexibility index (Phi) is 6.80. The highest BCUT2D eigenvalue weighted by atomic mass is 16.3. The minimum absolute atomic E-state index is 0.0503. The second-order valence-corrected chi connectivity index (χ2v) is 14.0. The summed E-state index contributed by atoms with van der Waals surface area (Å²) in [5.74, 6) is 1.90. The van der Waals surface area contributed by atoms with Gasteiger partial charge in [-0.05, 0) is 63.2 Å². The summed E-state index contributed by atoms with van der Waals surface area (Å²) in [6.07, 6.45) is 0. The van der Waals surface area contributed by atoms with E-state index in [0.717, 1.165) is 49.8 Å². The van der Waals surface area contributed by atoms with Crippen molar-refractivity contribution in [2.24, 2.45) is 0 Å². The molecule has 0 radical (unpaired) electrons. The van der Waals surface area contributed by atoms with Crippen LogP contribution in [0.1, 0.15) is 25.0 Å². The van der Waals surface area contributed by atoms with Crippen LogP contribution in [-0.2, 0) is 5.41 Å². The summed E-state index contributed by atoms with van der Waals surface area (Å²) in [4.78, 5) is 14.8. The van der Waals surface area contributed by atoms with E-state index >= 15 is 0 Å². The fourth-order valence-corrected chi connectivity index (χ4v) is 7.85. The monoisotopic (exact) mass is 667 g/mol. The summed E-state index contributed by atoms with van der Waals surface area (Å²) < 4.78 is 6.64. The van der Waals surface area contributed by atoms with E-state index in [-0.39, 0.29) is 5.41 Å². The highest BCUT2D eigenvalue weighted by molar-refractivity contribution is 6.10. The summed E-state index contributed by atoms with van der Waals surface area (Å²) in [6.45, 7) is 4.66. The molecule has 246 valence electrons. The molecule has 0 spiro atoms. The molecule has 0 fully saturated rings. The quantitative estimate of drug-likeness (QED) is 0.183. The van der Waals surface area contributed by atoms with E-state index < -0.39 is 0 Å². The molecule has 52 heavy (non-hydrogen) atoms. The van der Waals surface area contributed by atoms with Crippen LogP contribution in [0, 0.1) is 0 Å². The third-order valence-electron chi connectivity index (χ3n) is 10.5. The Morgan fingerprint density at radius 3 is 1.69 bits per heavy atom. The number of fused-ring (bicyclic) bond motifs is 6. The summed E-state index contributed by atoms with van der Waals surface area (Å²) in [7, 11) is 0. The van der Waals surface area contributed by atoms with Crippen LogP contribution >= 0.6 is 0 Å². The zero-order valence-corrected chi connectivity index (χ0v) is 28.8. The number of benzene rings is 7. The molecule has 1 aliphatic carbocycles. The molecule has 0 saturated carbocycles. The van der Waals surface area contributed by atoms with Crippen LogP contribution < -0.4 is 0 Å². The van der Waals surface area contributed by atoms with Crippen LogP contribution in [0.15, 0.2) is 168 Å². The van der Waals surface area contributed by atoms with E-state index in [0.29, 0.717) is 17.5 Å². The number of aromatic nitrogens is 3. The second-order valence-electron chi connectivity index (χ2n) is 14.0. The lowest BCUT2D eigenvalue weighted by Crippen LogP contribution is -2.14. The van der Waals surface area contributed by atoms with Crippen LogP contribution in [0.5, 0.6) is 0 Å². The van der Waals surface area contributed by atoms with Crippen molar-refractivity contribution < 1.29 is 4.42 Å². The molecule has 9 aromatic rings. The van der Waals surface area contributed by atoms with Crippen molar-refractivity contribution >= 4 is 21.9 Å². The van der Waals surface area contributed by atoms with Gasteiger partial charge in [-0.3, -0.25) is 0 Å². The van der Waals surface area contributed by atoms with Gasteiger partial charge in [0.1, 0.15) is 11.2 Å². The Morgan fingerprint density at radius 2 is 0.942 bits per heavy atom. The molecule has 7 aromatic carbocycles. The Bertz CT molecular complexity index is 2760. The average Bonchev–Trinajstić information content (AvgIpc) is 3.70. The predicted octanol–water partition coefficient (Wildman–Crippen LogP) is 12.4. The summed E-state index contributed by atoms with van der Waals surface area (Å²) in [6, 6.07) is 57.2. The van der Waals surface area contributed by atoms with E-state index in [2.05, 4.69) is 117 Å². The van der Waals surface area contributed by atoms with E-state index in [1.54, 1.807) is 0 Å². The first-order valence-electron chi connectivity index (χ1n) is 17.7. The molecule has 0 saturated heterocycles. The lowest BCUT2D eigenvalue weighted by molar-refractivity contribution is 0.660. The van der Waals surface area contributed by atoms with Crippen LogP contribution in [0.4, 0.5) is 0 Å². The minimum atomic E-state index is -0.0503. The number of rotatable bonds is 5. The predicted molar refractivity (Wildman–Crippen MR) is 212 cm³/mol. The molecular formula is C48H33N3O. The Labute approximate surface area is 302 Å². The number of hydrogen-bond donors (Lipinski definition) is 0. The normalized spacial score (nSPS) is 13.0. The molecule has 4 heteroatoms. The van der Waals surface area contributed by atoms with Gasteiger partial charge in [0.15, 0.2) is 17.5 Å². The van der Waals surface area contributed by atoms with Gasteiger partial charge in [0.05, 0.1) is 0 Å². The molecule has 1 aliphatic rings. The van der Waals surface area contributed by atoms with Crippen LogP contribution in [-0.4, -0.2) is 15.0 Å². The van der Waals surface area contributed by atoms with Crippen molar-refractivity contribution in [2.75, 3.05) is 0 Å². The first kappa shape index (κ1) is 30.2. The fourth-order valence-electron chi connectivity index (χ4n) is 7.85. The van der Waals surface area contributed by atoms with Gasteiger partial charge in [-0.15, -0.1) is 0 Å². The molecule has 0 atom stereocenters. The molecule has 0 unspecified atom stereocenters. The van der Waals surface area contributed by atoms with Crippen molar-refractivity contribution in [1.29, 1.82) is 0 Å². The summed E-state index contributed by atoms with van der Waals surface area (Å²) in [5.41, 5.74) is 14.3. The molecule has 2 heterocycles. The second kappa shape index (κ2) is 11.7.